The van der Waals surface area contributed by atoms with Gasteiger partial charge in [0.25, 0.3) is 0 Å². The Kier molecular flexibility index (Phi) is 5.83. The third-order valence-corrected chi connectivity index (χ3v) is 4.78. The standard InChI is InChI=1S/C17H21N3O4S/c1-2-24-12-3-4-13-14(11-12)25-17(18-13)19-15(21)5-6-16(22)20-7-9-23-10-8-20/h3-4,11H,2,5-10H2,1H3,(H,18,19,21). The summed E-state index contributed by atoms with van der Waals surface area (Å²) >= 11 is 1.39. The van der Waals surface area contributed by atoms with Crippen molar-refractivity contribution >= 4 is 38.5 Å². The van der Waals surface area contributed by atoms with Gasteiger partial charge in [-0.3, -0.25) is 9.59 Å². The summed E-state index contributed by atoms with van der Waals surface area (Å²) in [6.07, 6.45) is 0.349. The van der Waals surface area contributed by atoms with Crippen molar-refractivity contribution in [1.82, 2.24) is 9.88 Å². The predicted molar refractivity (Wildman–Crippen MR) is 96.1 cm³/mol. The van der Waals surface area contributed by atoms with Crippen molar-refractivity contribution in [3.63, 3.8) is 0 Å². The van der Waals surface area contributed by atoms with Gasteiger partial charge in [-0.25, -0.2) is 4.98 Å². The fourth-order valence-electron chi connectivity index (χ4n) is 2.59. The number of hydrogen-bond acceptors (Lipinski definition) is 6. The Labute approximate surface area is 149 Å². The quantitative estimate of drug-likeness (QED) is 0.852. The smallest absolute Gasteiger partial charge is 0.226 e. The second-order valence-corrected chi connectivity index (χ2v) is 6.65. The summed E-state index contributed by atoms with van der Waals surface area (Å²) in [5.74, 6) is 0.572. The summed E-state index contributed by atoms with van der Waals surface area (Å²) < 4.78 is 11.6. The van der Waals surface area contributed by atoms with E-state index in [1.807, 2.05) is 25.1 Å². The van der Waals surface area contributed by atoms with Crippen LogP contribution >= 0.6 is 11.3 Å². The predicted octanol–water partition coefficient (Wildman–Crippen LogP) is 2.27. The van der Waals surface area contributed by atoms with Crippen LogP contribution in [0.25, 0.3) is 10.2 Å². The molecule has 0 spiro atoms. The first-order valence-electron chi connectivity index (χ1n) is 8.34. The maximum absolute atomic E-state index is 12.1. The monoisotopic (exact) mass is 363 g/mol. The zero-order valence-electron chi connectivity index (χ0n) is 14.1. The zero-order valence-corrected chi connectivity index (χ0v) is 14.9. The second-order valence-electron chi connectivity index (χ2n) is 5.62. The van der Waals surface area contributed by atoms with Crippen molar-refractivity contribution in [3.05, 3.63) is 18.2 Å². The largest absolute Gasteiger partial charge is 0.494 e. The Morgan fingerprint density at radius 3 is 2.88 bits per heavy atom. The number of hydrogen-bond donors (Lipinski definition) is 1. The minimum absolute atomic E-state index is 0.0101. The summed E-state index contributed by atoms with van der Waals surface area (Å²) in [5.41, 5.74) is 0.813. The van der Waals surface area contributed by atoms with Crippen molar-refractivity contribution in [2.75, 3.05) is 38.2 Å². The molecule has 0 bridgehead atoms. The molecule has 2 aromatic rings. The highest BCUT2D eigenvalue weighted by Gasteiger charge is 2.18. The van der Waals surface area contributed by atoms with Gasteiger partial charge in [-0.05, 0) is 25.1 Å². The molecule has 2 amide bonds. The third kappa shape index (κ3) is 4.67. The molecule has 1 N–H and O–H groups in total. The van der Waals surface area contributed by atoms with Crippen molar-refractivity contribution in [2.24, 2.45) is 0 Å². The van der Waals surface area contributed by atoms with E-state index in [4.69, 9.17) is 9.47 Å². The highest BCUT2D eigenvalue weighted by Crippen LogP contribution is 2.29. The molecule has 1 aromatic heterocycles. The van der Waals surface area contributed by atoms with Crippen LogP contribution in [0.15, 0.2) is 18.2 Å². The van der Waals surface area contributed by atoms with Crippen molar-refractivity contribution in [2.45, 2.75) is 19.8 Å². The second kappa shape index (κ2) is 8.26. The van der Waals surface area contributed by atoms with Crippen LogP contribution in [0.4, 0.5) is 5.13 Å². The minimum atomic E-state index is -0.203. The lowest BCUT2D eigenvalue weighted by molar-refractivity contribution is -0.136. The van der Waals surface area contributed by atoms with Gasteiger partial charge in [-0.2, -0.15) is 0 Å². The molecule has 0 radical (unpaired) electrons. The molecular formula is C17H21N3O4S. The van der Waals surface area contributed by atoms with E-state index in [0.717, 1.165) is 16.0 Å². The van der Waals surface area contributed by atoms with Crippen LogP contribution < -0.4 is 10.1 Å². The van der Waals surface area contributed by atoms with Gasteiger partial charge in [-0.15, -0.1) is 0 Å². The number of morpholine rings is 1. The summed E-state index contributed by atoms with van der Waals surface area (Å²) in [4.78, 5) is 30.3. The van der Waals surface area contributed by atoms with E-state index in [9.17, 15) is 9.59 Å². The van der Waals surface area contributed by atoms with Crippen LogP contribution in [-0.4, -0.2) is 54.6 Å². The number of aromatic nitrogens is 1. The maximum Gasteiger partial charge on any atom is 0.226 e. The van der Waals surface area contributed by atoms with E-state index in [1.165, 1.54) is 11.3 Å². The molecule has 0 aliphatic carbocycles. The Morgan fingerprint density at radius 2 is 2.12 bits per heavy atom. The molecule has 25 heavy (non-hydrogen) atoms. The molecule has 1 aromatic carbocycles. The van der Waals surface area contributed by atoms with Crippen LogP contribution in [0.2, 0.25) is 0 Å². The van der Waals surface area contributed by atoms with Gasteiger partial charge in [0.1, 0.15) is 5.75 Å². The van der Waals surface area contributed by atoms with E-state index in [0.29, 0.717) is 38.0 Å². The average molecular weight is 363 g/mol. The van der Waals surface area contributed by atoms with Gasteiger partial charge in [0, 0.05) is 25.9 Å². The summed E-state index contributed by atoms with van der Waals surface area (Å²) in [6.45, 7) is 4.85. The highest BCUT2D eigenvalue weighted by atomic mass is 32.1. The lowest BCUT2D eigenvalue weighted by atomic mass is 10.2. The van der Waals surface area contributed by atoms with Gasteiger partial charge in [-0.1, -0.05) is 11.3 Å². The van der Waals surface area contributed by atoms with Crippen LogP contribution in [0.3, 0.4) is 0 Å². The number of nitrogens with zero attached hydrogens (tertiary/aromatic N) is 2. The Morgan fingerprint density at radius 1 is 1.32 bits per heavy atom. The summed E-state index contributed by atoms with van der Waals surface area (Å²) in [6, 6.07) is 5.64. The molecule has 0 unspecified atom stereocenters. The molecular weight excluding hydrogens is 342 g/mol. The molecule has 2 heterocycles. The van der Waals surface area contributed by atoms with Crippen LogP contribution in [-0.2, 0) is 14.3 Å². The molecule has 1 saturated heterocycles. The first-order valence-corrected chi connectivity index (χ1v) is 9.16. The van der Waals surface area contributed by atoms with Crippen molar-refractivity contribution < 1.29 is 19.1 Å². The number of benzene rings is 1. The summed E-state index contributed by atoms with van der Waals surface area (Å²) in [5, 5.41) is 3.31. The van der Waals surface area contributed by atoms with Crippen molar-refractivity contribution in [3.8, 4) is 5.75 Å². The lowest BCUT2D eigenvalue weighted by Gasteiger charge is -2.26. The first kappa shape index (κ1) is 17.6. The molecule has 134 valence electrons. The normalized spacial score (nSPS) is 14.5. The van der Waals surface area contributed by atoms with E-state index < -0.39 is 0 Å². The van der Waals surface area contributed by atoms with E-state index in [1.54, 1.807) is 4.90 Å². The molecule has 1 aliphatic heterocycles. The van der Waals surface area contributed by atoms with Gasteiger partial charge >= 0.3 is 0 Å². The minimum Gasteiger partial charge on any atom is -0.494 e. The first-order chi connectivity index (χ1) is 12.2. The molecule has 1 fully saturated rings. The number of rotatable bonds is 6. The number of nitrogens with one attached hydrogen (secondary N) is 1. The molecule has 7 nitrogen and oxygen atoms in total. The zero-order chi connectivity index (χ0) is 17.6. The number of thiazole rings is 1. The lowest BCUT2D eigenvalue weighted by Crippen LogP contribution is -2.40. The van der Waals surface area contributed by atoms with Gasteiger partial charge < -0.3 is 19.7 Å². The maximum atomic E-state index is 12.1. The van der Waals surface area contributed by atoms with Crippen LogP contribution in [0.1, 0.15) is 19.8 Å². The fraction of sp³-hybridized carbons (Fsp3) is 0.471. The van der Waals surface area contributed by atoms with E-state index in [2.05, 4.69) is 10.3 Å². The van der Waals surface area contributed by atoms with Gasteiger partial charge in [0.05, 0.1) is 30.0 Å². The third-order valence-electron chi connectivity index (χ3n) is 3.85. The number of carbonyl (C=O) groups is 2. The van der Waals surface area contributed by atoms with E-state index in [-0.39, 0.29) is 24.7 Å². The molecule has 3 rings (SSSR count). The number of ether oxygens (including phenoxy) is 2. The van der Waals surface area contributed by atoms with Gasteiger partial charge in [0.2, 0.25) is 11.8 Å². The molecule has 0 saturated carbocycles. The molecule has 1 aliphatic rings. The van der Waals surface area contributed by atoms with Crippen LogP contribution in [0.5, 0.6) is 5.75 Å². The average Bonchev–Trinajstić information content (AvgIpc) is 3.02. The SMILES string of the molecule is CCOc1ccc2nc(NC(=O)CCC(=O)N3CCOCC3)sc2c1. The molecule has 0 atom stereocenters. The fourth-order valence-corrected chi connectivity index (χ4v) is 3.50. The number of anilines is 1. The Balaban J connectivity index is 1.53. The number of amides is 2. The van der Waals surface area contributed by atoms with Crippen molar-refractivity contribution in [1.29, 1.82) is 0 Å². The molecule has 8 heteroatoms. The van der Waals surface area contributed by atoms with E-state index >= 15 is 0 Å². The number of carbonyl (C=O) groups excluding carboxylic acids is 2. The number of fused-ring (bicyclic) bond motifs is 1. The topological polar surface area (TPSA) is 80.8 Å². The van der Waals surface area contributed by atoms with Gasteiger partial charge in [0.15, 0.2) is 5.13 Å². The Bertz CT molecular complexity index is 755. The Hall–Kier alpha value is -2.19. The highest BCUT2D eigenvalue weighted by molar-refractivity contribution is 7.22. The van der Waals surface area contributed by atoms with Crippen LogP contribution in [0, 0.1) is 0 Å². The summed E-state index contributed by atoms with van der Waals surface area (Å²) in [7, 11) is 0.